The normalized spacial score (nSPS) is 11.0. The van der Waals surface area contributed by atoms with Crippen LogP contribution in [0.5, 0.6) is 11.5 Å². The van der Waals surface area contributed by atoms with E-state index in [1.165, 1.54) is 31.4 Å². The zero-order chi connectivity index (χ0) is 13.5. The maximum absolute atomic E-state index is 11.3. The van der Waals surface area contributed by atoms with Crippen molar-refractivity contribution in [2.75, 3.05) is 7.11 Å². The zero-order valence-corrected chi connectivity index (χ0v) is 10.2. The summed E-state index contributed by atoms with van der Waals surface area (Å²) in [7, 11) is 1.51. The van der Waals surface area contributed by atoms with Gasteiger partial charge in [-0.3, -0.25) is 9.59 Å². The van der Waals surface area contributed by atoms with Crippen molar-refractivity contribution < 1.29 is 19.4 Å². The van der Waals surface area contributed by atoms with Crippen molar-refractivity contribution in [1.29, 1.82) is 0 Å². The number of ketones is 1. The van der Waals surface area contributed by atoms with Crippen LogP contribution in [0.25, 0.3) is 6.08 Å². The van der Waals surface area contributed by atoms with Crippen molar-refractivity contribution in [1.82, 2.24) is 0 Å². The van der Waals surface area contributed by atoms with Crippen molar-refractivity contribution in [3.05, 3.63) is 41.5 Å². The fourth-order valence-corrected chi connectivity index (χ4v) is 1.44. The van der Waals surface area contributed by atoms with E-state index >= 15 is 0 Å². The first-order valence-corrected chi connectivity index (χ1v) is 5.30. The van der Waals surface area contributed by atoms with Crippen LogP contribution in [0.2, 0.25) is 0 Å². The maximum Gasteiger partial charge on any atom is 0.178 e. The molecule has 0 heterocycles. The summed E-state index contributed by atoms with van der Waals surface area (Å²) in [6.07, 6.45) is 5.71. The highest BCUT2D eigenvalue weighted by Gasteiger charge is 2.05. The lowest BCUT2D eigenvalue weighted by atomic mass is 10.1. The van der Waals surface area contributed by atoms with Crippen LogP contribution in [0.15, 0.2) is 30.4 Å². The molecule has 0 bridgehead atoms. The van der Waals surface area contributed by atoms with Crippen LogP contribution in [0.1, 0.15) is 11.1 Å². The minimum Gasteiger partial charge on any atom is -0.508 e. The number of phenols is 1. The Morgan fingerprint density at radius 3 is 2.67 bits per heavy atom. The number of carbonyl (C=O) groups is 2. The van der Waals surface area contributed by atoms with Gasteiger partial charge in [0.2, 0.25) is 0 Å². The fourth-order valence-electron chi connectivity index (χ4n) is 1.44. The van der Waals surface area contributed by atoms with Gasteiger partial charge in [0.15, 0.2) is 5.78 Å². The Balaban J connectivity index is 3.00. The van der Waals surface area contributed by atoms with Gasteiger partial charge in [0.1, 0.15) is 17.8 Å². The average molecular weight is 246 g/mol. The van der Waals surface area contributed by atoms with E-state index in [1.54, 1.807) is 6.08 Å². The monoisotopic (exact) mass is 246 g/mol. The number of rotatable bonds is 5. The Kier molecular flexibility index (Phi) is 4.87. The molecule has 0 spiro atoms. The smallest absolute Gasteiger partial charge is 0.178 e. The van der Waals surface area contributed by atoms with Gasteiger partial charge in [-0.15, -0.1) is 0 Å². The highest BCUT2D eigenvalue weighted by Crippen LogP contribution is 2.28. The quantitative estimate of drug-likeness (QED) is 0.638. The molecule has 4 nitrogen and oxygen atoms in total. The molecule has 0 saturated heterocycles. The molecule has 0 aliphatic heterocycles. The van der Waals surface area contributed by atoms with E-state index in [1.807, 2.05) is 6.92 Å². The van der Waals surface area contributed by atoms with Gasteiger partial charge in [-0.2, -0.15) is 0 Å². The lowest BCUT2D eigenvalue weighted by molar-refractivity contribution is -0.110. The van der Waals surface area contributed by atoms with Gasteiger partial charge in [-0.05, 0) is 42.3 Å². The largest absolute Gasteiger partial charge is 0.508 e. The summed E-state index contributed by atoms with van der Waals surface area (Å²) >= 11 is 0. The highest BCUT2D eigenvalue weighted by molar-refractivity contribution is 6.03. The predicted octanol–water partition coefficient (Wildman–Crippen LogP) is 2.05. The molecule has 0 aliphatic rings. The SMILES string of the molecule is COc1cc(O)cc(/C=C/C(=O)/C=C/C=O)c1C. The molecular weight excluding hydrogens is 232 g/mol. The molecule has 0 radical (unpaired) electrons. The molecule has 1 rings (SSSR count). The van der Waals surface area contributed by atoms with Crippen LogP contribution in [-0.4, -0.2) is 24.3 Å². The third-order valence-corrected chi connectivity index (χ3v) is 2.37. The molecule has 0 saturated carbocycles. The Morgan fingerprint density at radius 1 is 1.33 bits per heavy atom. The molecule has 0 aliphatic carbocycles. The molecular formula is C14H14O4. The number of hydrogen-bond acceptors (Lipinski definition) is 4. The zero-order valence-electron chi connectivity index (χ0n) is 10.2. The van der Waals surface area contributed by atoms with E-state index in [2.05, 4.69) is 0 Å². The van der Waals surface area contributed by atoms with E-state index in [0.717, 1.165) is 11.6 Å². The number of carbonyl (C=O) groups excluding carboxylic acids is 2. The Bertz CT molecular complexity index is 513. The van der Waals surface area contributed by atoms with Gasteiger partial charge < -0.3 is 9.84 Å². The number of aromatic hydroxyl groups is 1. The Morgan fingerprint density at radius 2 is 2.06 bits per heavy atom. The van der Waals surface area contributed by atoms with Crippen molar-refractivity contribution in [2.24, 2.45) is 0 Å². The number of methoxy groups -OCH3 is 1. The van der Waals surface area contributed by atoms with Crippen LogP contribution in [0.4, 0.5) is 0 Å². The summed E-state index contributed by atoms with van der Waals surface area (Å²) in [5.41, 5.74) is 1.50. The second-order valence-electron chi connectivity index (χ2n) is 3.59. The van der Waals surface area contributed by atoms with Crippen LogP contribution in [0.3, 0.4) is 0 Å². The summed E-state index contributed by atoms with van der Waals surface area (Å²) in [4.78, 5) is 21.4. The molecule has 1 N–H and O–H groups in total. The van der Waals surface area contributed by atoms with Crippen molar-refractivity contribution in [2.45, 2.75) is 6.92 Å². The van der Waals surface area contributed by atoms with Gasteiger partial charge in [0.25, 0.3) is 0 Å². The number of benzene rings is 1. The summed E-state index contributed by atoms with van der Waals surface area (Å²) < 4.78 is 5.10. The fraction of sp³-hybridized carbons (Fsp3) is 0.143. The lowest BCUT2D eigenvalue weighted by Gasteiger charge is -2.08. The molecule has 0 unspecified atom stereocenters. The van der Waals surface area contributed by atoms with Gasteiger partial charge in [-0.1, -0.05) is 6.08 Å². The number of phenolic OH excluding ortho intramolecular Hbond substituents is 1. The minimum atomic E-state index is -0.302. The number of ether oxygens (including phenoxy) is 1. The molecule has 1 aromatic carbocycles. The Labute approximate surface area is 105 Å². The van der Waals surface area contributed by atoms with Crippen LogP contribution in [-0.2, 0) is 9.59 Å². The van der Waals surface area contributed by atoms with Crippen molar-refractivity contribution in [3.63, 3.8) is 0 Å². The van der Waals surface area contributed by atoms with Crippen molar-refractivity contribution in [3.8, 4) is 11.5 Å². The molecule has 0 amide bonds. The summed E-state index contributed by atoms with van der Waals surface area (Å²) in [6.45, 7) is 1.82. The first-order valence-electron chi connectivity index (χ1n) is 5.30. The van der Waals surface area contributed by atoms with E-state index in [4.69, 9.17) is 4.74 Å². The van der Waals surface area contributed by atoms with E-state index < -0.39 is 0 Å². The predicted molar refractivity (Wildman–Crippen MR) is 68.6 cm³/mol. The van der Waals surface area contributed by atoms with Crippen molar-refractivity contribution >= 4 is 18.1 Å². The second kappa shape index (κ2) is 6.39. The standard InChI is InChI=1S/C14H14O4/c1-10-11(5-6-12(16)4-3-7-15)8-13(17)9-14(10)18-2/h3-9,17H,1-2H3/b4-3+,6-5+. The van der Waals surface area contributed by atoms with E-state index in [0.29, 0.717) is 17.6 Å². The molecule has 94 valence electrons. The van der Waals surface area contributed by atoms with Gasteiger partial charge >= 0.3 is 0 Å². The molecule has 0 fully saturated rings. The van der Waals surface area contributed by atoms with Crippen LogP contribution < -0.4 is 4.74 Å². The summed E-state index contributed by atoms with van der Waals surface area (Å²) in [5.74, 6) is 0.308. The Hall–Kier alpha value is -2.36. The maximum atomic E-state index is 11.3. The van der Waals surface area contributed by atoms with E-state index in [9.17, 15) is 14.7 Å². The molecule has 18 heavy (non-hydrogen) atoms. The van der Waals surface area contributed by atoms with Gasteiger partial charge in [0.05, 0.1) is 7.11 Å². The molecule has 1 aromatic rings. The lowest BCUT2D eigenvalue weighted by Crippen LogP contribution is -1.91. The average Bonchev–Trinajstić information content (AvgIpc) is 2.36. The van der Waals surface area contributed by atoms with Crippen LogP contribution >= 0.6 is 0 Å². The van der Waals surface area contributed by atoms with Crippen LogP contribution in [0, 0.1) is 6.92 Å². The molecule has 0 atom stereocenters. The summed E-state index contributed by atoms with van der Waals surface area (Å²) in [5, 5.41) is 9.50. The third kappa shape index (κ3) is 3.59. The number of hydrogen-bond donors (Lipinski definition) is 1. The first kappa shape index (κ1) is 13.7. The molecule has 4 heteroatoms. The third-order valence-electron chi connectivity index (χ3n) is 2.37. The minimum absolute atomic E-state index is 0.0629. The van der Waals surface area contributed by atoms with Gasteiger partial charge in [0, 0.05) is 6.07 Å². The van der Waals surface area contributed by atoms with E-state index in [-0.39, 0.29) is 11.5 Å². The van der Waals surface area contributed by atoms with Gasteiger partial charge in [-0.25, -0.2) is 0 Å². The number of aldehydes is 1. The number of allylic oxidation sites excluding steroid dienone is 3. The summed E-state index contributed by atoms with van der Waals surface area (Å²) in [6, 6.07) is 3.03. The highest BCUT2D eigenvalue weighted by atomic mass is 16.5. The first-order chi connectivity index (χ1) is 8.58. The molecule has 0 aromatic heterocycles. The second-order valence-corrected chi connectivity index (χ2v) is 3.59. The topological polar surface area (TPSA) is 63.6 Å².